The van der Waals surface area contributed by atoms with Crippen molar-refractivity contribution in [2.24, 2.45) is 0 Å². The van der Waals surface area contributed by atoms with Crippen LogP contribution >= 0.6 is 7.60 Å². The van der Waals surface area contributed by atoms with Gasteiger partial charge >= 0.3 is 19.5 Å². The van der Waals surface area contributed by atoms with Gasteiger partial charge in [-0.05, 0) is 11.6 Å². The average molecular weight is 380 g/mol. The van der Waals surface area contributed by atoms with E-state index in [4.69, 9.17) is 9.84 Å². The third-order valence-electron chi connectivity index (χ3n) is 3.80. The molecule has 26 heavy (non-hydrogen) atoms. The molecule has 0 aliphatic carbocycles. The highest BCUT2D eigenvalue weighted by Gasteiger charge is 2.32. The molecule has 0 aromatic heterocycles. The minimum Gasteiger partial charge on any atom is -0.496 e. The van der Waals surface area contributed by atoms with E-state index in [9.17, 15) is 29.0 Å². The molecule has 0 saturated heterocycles. The third-order valence-corrected chi connectivity index (χ3v) is 4.80. The zero-order valence-electron chi connectivity index (χ0n) is 13.7. The first kappa shape index (κ1) is 19.7. The molecule has 1 unspecified atom stereocenters. The van der Waals surface area contributed by atoms with Crippen LogP contribution in [0, 0.1) is 0 Å². The van der Waals surface area contributed by atoms with Gasteiger partial charge in [-0.25, -0.2) is 0 Å². The summed E-state index contributed by atoms with van der Waals surface area (Å²) in [7, 11) is -3.48. The van der Waals surface area contributed by atoms with Gasteiger partial charge in [-0.15, -0.1) is 0 Å². The fourth-order valence-electron chi connectivity index (χ4n) is 2.71. The number of carbonyl (C=O) groups is 2. The van der Waals surface area contributed by atoms with Crippen molar-refractivity contribution in [1.29, 1.82) is 0 Å². The van der Waals surface area contributed by atoms with Crippen LogP contribution in [0.25, 0.3) is 11.1 Å². The van der Waals surface area contributed by atoms with Gasteiger partial charge in [0.25, 0.3) is 0 Å². The van der Waals surface area contributed by atoms with E-state index in [2.05, 4.69) is 0 Å². The van der Waals surface area contributed by atoms with Crippen LogP contribution in [0.2, 0.25) is 0 Å². The second-order valence-electron chi connectivity index (χ2n) is 5.48. The van der Waals surface area contributed by atoms with Gasteiger partial charge in [0.05, 0.1) is 24.8 Å². The summed E-state index contributed by atoms with van der Waals surface area (Å²) in [5, 5.41) is 18.1. The van der Waals surface area contributed by atoms with Crippen molar-refractivity contribution in [3.05, 3.63) is 48.0 Å². The first-order valence-electron chi connectivity index (χ1n) is 7.43. The molecule has 0 aliphatic rings. The normalized spacial score (nSPS) is 12.4. The number of aliphatic carboxylic acids is 2. The van der Waals surface area contributed by atoms with E-state index in [1.807, 2.05) is 0 Å². The molecule has 2 aromatic rings. The van der Waals surface area contributed by atoms with E-state index in [0.29, 0.717) is 5.56 Å². The van der Waals surface area contributed by atoms with Crippen molar-refractivity contribution in [3.63, 3.8) is 0 Å². The van der Waals surface area contributed by atoms with Gasteiger partial charge in [-0.2, -0.15) is 0 Å². The third kappa shape index (κ3) is 4.11. The maximum atomic E-state index is 11.9. The Bertz CT molecular complexity index is 872. The van der Waals surface area contributed by atoms with E-state index >= 15 is 0 Å². The molecule has 0 bridgehead atoms. The number of hydrogen-bond acceptors (Lipinski definition) is 4. The fraction of sp³-hybridized carbons (Fsp3) is 0.176. The maximum absolute atomic E-state index is 11.9. The number of rotatable bonds is 7. The van der Waals surface area contributed by atoms with Gasteiger partial charge in [0.15, 0.2) is 0 Å². The highest BCUT2D eigenvalue weighted by Crippen LogP contribution is 2.44. The Morgan fingerprint density at radius 2 is 1.69 bits per heavy atom. The highest BCUT2D eigenvalue weighted by atomic mass is 31.2. The Balaban J connectivity index is 2.83. The summed E-state index contributed by atoms with van der Waals surface area (Å²) in [6, 6.07) is 10.5. The number of benzene rings is 2. The SMILES string of the molecule is COc1c(C(CC(=O)O)C(=O)O)ccc(P(=O)(O)O)c1-c1ccccc1. The molecule has 0 spiro atoms. The van der Waals surface area contributed by atoms with Crippen LogP contribution in [0.15, 0.2) is 42.5 Å². The molecule has 2 rings (SSSR count). The predicted molar refractivity (Wildman–Crippen MR) is 92.7 cm³/mol. The number of carboxylic acid groups (broad SMARTS) is 2. The van der Waals surface area contributed by atoms with Gasteiger partial charge < -0.3 is 24.7 Å². The lowest BCUT2D eigenvalue weighted by Gasteiger charge is -2.21. The molecular weight excluding hydrogens is 363 g/mol. The van der Waals surface area contributed by atoms with Gasteiger partial charge in [0.1, 0.15) is 5.75 Å². The van der Waals surface area contributed by atoms with Crippen molar-refractivity contribution >= 4 is 24.8 Å². The summed E-state index contributed by atoms with van der Waals surface area (Å²) in [5.74, 6) is -4.21. The first-order chi connectivity index (χ1) is 12.2. The molecule has 0 radical (unpaired) electrons. The topological polar surface area (TPSA) is 141 Å². The summed E-state index contributed by atoms with van der Waals surface area (Å²) in [6.45, 7) is 0. The zero-order chi connectivity index (χ0) is 19.5. The first-order valence-corrected chi connectivity index (χ1v) is 9.05. The predicted octanol–water partition coefficient (Wildman–Crippen LogP) is 1.81. The number of methoxy groups -OCH3 is 1. The molecule has 0 saturated carbocycles. The van der Waals surface area contributed by atoms with Crippen LogP contribution < -0.4 is 10.0 Å². The lowest BCUT2D eigenvalue weighted by atomic mass is 9.91. The second kappa shape index (κ2) is 7.70. The van der Waals surface area contributed by atoms with E-state index in [-0.39, 0.29) is 22.2 Å². The Labute approximate surface area is 148 Å². The van der Waals surface area contributed by atoms with Gasteiger partial charge in [-0.3, -0.25) is 14.2 Å². The quantitative estimate of drug-likeness (QED) is 0.533. The fourth-order valence-corrected chi connectivity index (χ4v) is 3.50. The highest BCUT2D eigenvalue weighted by molar-refractivity contribution is 7.60. The number of hydrogen-bond donors (Lipinski definition) is 4. The summed E-state index contributed by atoms with van der Waals surface area (Å²) >= 11 is 0. The summed E-state index contributed by atoms with van der Waals surface area (Å²) in [6.07, 6.45) is -0.699. The second-order valence-corrected chi connectivity index (χ2v) is 7.05. The van der Waals surface area contributed by atoms with Crippen LogP contribution in [0.1, 0.15) is 17.9 Å². The van der Waals surface area contributed by atoms with Crippen LogP contribution in [0.3, 0.4) is 0 Å². The molecule has 9 heteroatoms. The Kier molecular flexibility index (Phi) is 5.82. The smallest absolute Gasteiger partial charge is 0.356 e. The molecule has 8 nitrogen and oxygen atoms in total. The van der Waals surface area contributed by atoms with Crippen LogP contribution in [-0.4, -0.2) is 39.0 Å². The summed E-state index contributed by atoms with van der Waals surface area (Å²) in [5.41, 5.74) is 0.470. The average Bonchev–Trinajstić information content (AvgIpc) is 2.58. The molecule has 0 fully saturated rings. The Morgan fingerprint density at radius 3 is 2.15 bits per heavy atom. The molecule has 1 atom stereocenters. The monoisotopic (exact) mass is 380 g/mol. The van der Waals surface area contributed by atoms with Gasteiger partial charge in [-0.1, -0.05) is 36.4 Å². The maximum Gasteiger partial charge on any atom is 0.356 e. The van der Waals surface area contributed by atoms with Crippen LogP contribution in [-0.2, 0) is 14.2 Å². The van der Waals surface area contributed by atoms with E-state index in [1.54, 1.807) is 30.3 Å². The minimum atomic E-state index is -4.71. The van der Waals surface area contributed by atoms with Crippen molar-refractivity contribution in [2.75, 3.05) is 7.11 Å². The molecule has 2 aromatic carbocycles. The Hall–Kier alpha value is -2.67. The van der Waals surface area contributed by atoms with Crippen molar-refractivity contribution < 1.29 is 38.9 Å². The molecule has 4 N–H and O–H groups in total. The van der Waals surface area contributed by atoms with Crippen molar-refractivity contribution in [3.8, 4) is 16.9 Å². The standard InChI is InChI=1S/C17H17O8P/c1-25-16-11(12(17(20)21)9-14(18)19)7-8-13(26(22,23)24)15(16)10-5-3-2-4-6-10/h2-8,12H,9H2,1H3,(H,18,19)(H,20,21)(H2,22,23,24). The van der Waals surface area contributed by atoms with Crippen LogP contribution in [0.4, 0.5) is 0 Å². The lowest BCUT2D eigenvalue weighted by molar-refractivity contribution is -0.145. The Morgan fingerprint density at radius 1 is 1.08 bits per heavy atom. The van der Waals surface area contributed by atoms with Crippen LogP contribution in [0.5, 0.6) is 5.75 Å². The van der Waals surface area contributed by atoms with Gasteiger partial charge in [0.2, 0.25) is 0 Å². The molecular formula is C17H17O8P. The number of ether oxygens (including phenoxy) is 1. The zero-order valence-corrected chi connectivity index (χ0v) is 14.6. The minimum absolute atomic E-state index is 0.0263. The van der Waals surface area contributed by atoms with E-state index in [0.717, 1.165) is 6.07 Å². The molecule has 0 aliphatic heterocycles. The molecule has 138 valence electrons. The van der Waals surface area contributed by atoms with E-state index in [1.165, 1.54) is 13.2 Å². The van der Waals surface area contributed by atoms with E-state index < -0.39 is 31.9 Å². The number of carboxylic acids is 2. The van der Waals surface area contributed by atoms with Crippen molar-refractivity contribution in [2.45, 2.75) is 12.3 Å². The van der Waals surface area contributed by atoms with Gasteiger partial charge in [0, 0.05) is 11.1 Å². The lowest BCUT2D eigenvalue weighted by Crippen LogP contribution is -2.19. The molecule has 0 heterocycles. The van der Waals surface area contributed by atoms with Crippen molar-refractivity contribution in [1.82, 2.24) is 0 Å². The largest absolute Gasteiger partial charge is 0.496 e. The molecule has 0 amide bonds. The summed E-state index contributed by atoms with van der Waals surface area (Å²) in [4.78, 5) is 42.0. The summed E-state index contributed by atoms with van der Waals surface area (Å²) < 4.78 is 17.2.